The standard InChI is InChI=1S/C18H31NO4/c1-18(2,3)15-14(5-4-10-23-15)11-19-16(20)12-6-8-13(9-7-12)17(21)22/h12-15H,4-11H2,1-3H3,(H,19,20)(H,21,22). The van der Waals surface area contributed by atoms with Crippen molar-refractivity contribution < 1.29 is 19.4 Å². The van der Waals surface area contributed by atoms with Crippen molar-refractivity contribution in [2.75, 3.05) is 13.2 Å². The molecule has 23 heavy (non-hydrogen) atoms. The van der Waals surface area contributed by atoms with E-state index in [2.05, 4.69) is 26.1 Å². The minimum absolute atomic E-state index is 0.0248. The third kappa shape index (κ3) is 4.93. The van der Waals surface area contributed by atoms with Crippen LogP contribution >= 0.6 is 0 Å². The van der Waals surface area contributed by atoms with Gasteiger partial charge in [0.2, 0.25) is 5.91 Å². The number of aliphatic carboxylic acids is 1. The van der Waals surface area contributed by atoms with Crippen molar-refractivity contribution in [1.82, 2.24) is 5.32 Å². The normalized spacial score (nSPS) is 32.3. The molecule has 0 bridgehead atoms. The molecule has 1 heterocycles. The third-order valence-electron chi connectivity index (χ3n) is 5.28. The lowest BCUT2D eigenvalue weighted by Gasteiger charge is -2.40. The fraction of sp³-hybridized carbons (Fsp3) is 0.889. The summed E-state index contributed by atoms with van der Waals surface area (Å²) in [6.45, 7) is 8.03. The van der Waals surface area contributed by atoms with E-state index in [9.17, 15) is 9.59 Å². The van der Waals surface area contributed by atoms with Gasteiger partial charge in [-0.2, -0.15) is 0 Å². The topological polar surface area (TPSA) is 75.6 Å². The van der Waals surface area contributed by atoms with Crippen LogP contribution in [0, 0.1) is 23.2 Å². The van der Waals surface area contributed by atoms with Crippen molar-refractivity contribution in [3.05, 3.63) is 0 Å². The van der Waals surface area contributed by atoms with Gasteiger partial charge in [0.05, 0.1) is 12.0 Å². The van der Waals surface area contributed by atoms with Crippen molar-refractivity contribution in [2.24, 2.45) is 23.2 Å². The molecule has 0 radical (unpaired) electrons. The molecule has 1 saturated carbocycles. The smallest absolute Gasteiger partial charge is 0.306 e. The predicted molar refractivity (Wildman–Crippen MR) is 88.0 cm³/mol. The fourth-order valence-corrected chi connectivity index (χ4v) is 3.99. The summed E-state index contributed by atoms with van der Waals surface area (Å²) in [6.07, 6.45) is 4.93. The number of hydrogen-bond acceptors (Lipinski definition) is 3. The summed E-state index contributed by atoms with van der Waals surface area (Å²) in [7, 11) is 0. The fourth-order valence-electron chi connectivity index (χ4n) is 3.99. The van der Waals surface area contributed by atoms with Gasteiger partial charge in [-0.1, -0.05) is 20.8 Å². The van der Waals surface area contributed by atoms with E-state index in [1.54, 1.807) is 0 Å². The molecule has 1 amide bonds. The zero-order valence-electron chi connectivity index (χ0n) is 14.6. The van der Waals surface area contributed by atoms with Crippen LogP contribution < -0.4 is 5.32 Å². The molecule has 1 aliphatic heterocycles. The van der Waals surface area contributed by atoms with Crippen LogP contribution in [0.15, 0.2) is 0 Å². The van der Waals surface area contributed by atoms with Gasteiger partial charge in [-0.05, 0) is 43.9 Å². The summed E-state index contributed by atoms with van der Waals surface area (Å²) in [5.41, 5.74) is 0.0787. The molecule has 0 spiro atoms. The highest BCUT2D eigenvalue weighted by molar-refractivity contribution is 5.79. The quantitative estimate of drug-likeness (QED) is 0.833. The number of carboxylic acids is 1. The highest BCUT2D eigenvalue weighted by atomic mass is 16.5. The molecular formula is C18H31NO4. The molecule has 2 rings (SSSR count). The number of carbonyl (C=O) groups is 2. The average molecular weight is 325 g/mol. The van der Waals surface area contributed by atoms with Crippen LogP contribution in [0.2, 0.25) is 0 Å². The van der Waals surface area contributed by atoms with Gasteiger partial charge in [-0.25, -0.2) is 0 Å². The van der Waals surface area contributed by atoms with Gasteiger partial charge in [-0.15, -0.1) is 0 Å². The molecule has 132 valence electrons. The second-order valence-electron chi connectivity index (χ2n) is 8.19. The van der Waals surface area contributed by atoms with Crippen LogP contribution in [0.3, 0.4) is 0 Å². The Bertz CT molecular complexity index is 421. The molecule has 0 aromatic carbocycles. The summed E-state index contributed by atoms with van der Waals surface area (Å²) in [6, 6.07) is 0. The van der Waals surface area contributed by atoms with Crippen molar-refractivity contribution in [1.29, 1.82) is 0 Å². The predicted octanol–water partition coefficient (Wildman–Crippen LogP) is 2.83. The maximum atomic E-state index is 12.4. The summed E-state index contributed by atoms with van der Waals surface area (Å²) in [4.78, 5) is 23.4. The van der Waals surface area contributed by atoms with Crippen molar-refractivity contribution in [2.45, 2.75) is 65.4 Å². The van der Waals surface area contributed by atoms with Crippen LogP contribution in [0.4, 0.5) is 0 Å². The van der Waals surface area contributed by atoms with Gasteiger partial charge >= 0.3 is 5.97 Å². The van der Waals surface area contributed by atoms with Gasteiger partial charge in [0.15, 0.2) is 0 Å². The molecule has 1 aliphatic carbocycles. The Hall–Kier alpha value is -1.10. The van der Waals surface area contributed by atoms with Crippen LogP contribution in [0.25, 0.3) is 0 Å². The van der Waals surface area contributed by atoms with E-state index in [0.717, 1.165) is 19.4 Å². The lowest BCUT2D eigenvalue weighted by Crippen LogP contribution is -2.46. The molecule has 2 unspecified atom stereocenters. The molecule has 5 heteroatoms. The first kappa shape index (κ1) is 18.2. The summed E-state index contributed by atoms with van der Waals surface area (Å²) >= 11 is 0. The van der Waals surface area contributed by atoms with E-state index >= 15 is 0 Å². The molecule has 0 aromatic heterocycles. The molecule has 2 aliphatic rings. The molecule has 2 N–H and O–H groups in total. The van der Waals surface area contributed by atoms with Crippen LogP contribution in [-0.2, 0) is 14.3 Å². The summed E-state index contributed by atoms with van der Waals surface area (Å²) in [5.74, 6) is -0.564. The van der Waals surface area contributed by atoms with Crippen LogP contribution in [0.1, 0.15) is 59.3 Å². The zero-order valence-corrected chi connectivity index (χ0v) is 14.6. The summed E-state index contributed by atoms with van der Waals surface area (Å²) < 4.78 is 5.96. The average Bonchev–Trinajstić information content (AvgIpc) is 2.52. The first-order valence-corrected chi connectivity index (χ1v) is 8.91. The second kappa shape index (κ2) is 7.65. The van der Waals surface area contributed by atoms with Gasteiger partial charge in [0, 0.05) is 25.0 Å². The van der Waals surface area contributed by atoms with Gasteiger partial charge in [-0.3, -0.25) is 9.59 Å². The highest BCUT2D eigenvalue weighted by Gasteiger charge is 2.36. The Labute approximate surface area is 139 Å². The molecule has 2 fully saturated rings. The molecule has 2 atom stereocenters. The third-order valence-corrected chi connectivity index (χ3v) is 5.28. The highest BCUT2D eigenvalue weighted by Crippen LogP contribution is 2.34. The minimum atomic E-state index is -0.726. The van der Waals surface area contributed by atoms with E-state index in [4.69, 9.17) is 9.84 Å². The molecule has 5 nitrogen and oxygen atoms in total. The maximum Gasteiger partial charge on any atom is 0.306 e. The van der Waals surface area contributed by atoms with Gasteiger partial charge < -0.3 is 15.2 Å². The van der Waals surface area contributed by atoms with Crippen molar-refractivity contribution in [3.63, 3.8) is 0 Å². The van der Waals surface area contributed by atoms with Crippen molar-refractivity contribution >= 4 is 11.9 Å². The Morgan fingerprint density at radius 1 is 1.09 bits per heavy atom. The number of hydrogen-bond donors (Lipinski definition) is 2. The van der Waals surface area contributed by atoms with Crippen molar-refractivity contribution in [3.8, 4) is 0 Å². The van der Waals surface area contributed by atoms with Gasteiger partial charge in [0.25, 0.3) is 0 Å². The number of carbonyl (C=O) groups excluding carboxylic acids is 1. The molecule has 0 aromatic rings. The molecule has 1 saturated heterocycles. The van der Waals surface area contributed by atoms with E-state index in [1.165, 1.54) is 0 Å². The second-order valence-corrected chi connectivity index (χ2v) is 8.19. The first-order valence-electron chi connectivity index (χ1n) is 8.91. The van der Waals surface area contributed by atoms with Crippen LogP contribution in [-0.4, -0.2) is 36.2 Å². The molecular weight excluding hydrogens is 294 g/mol. The Kier molecular flexibility index (Phi) is 6.06. The minimum Gasteiger partial charge on any atom is -0.481 e. The lowest BCUT2D eigenvalue weighted by atomic mass is 9.77. The largest absolute Gasteiger partial charge is 0.481 e. The number of amides is 1. The van der Waals surface area contributed by atoms with E-state index in [-0.39, 0.29) is 29.3 Å². The number of ether oxygens (including phenoxy) is 1. The Balaban J connectivity index is 1.80. The Morgan fingerprint density at radius 2 is 1.70 bits per heavy atom. The van der Waals surface area contributed by atoms with Crippen LogP contribution in [0.5, 0.6) is 0 Å². The summed E-state index contributed by atoms with van der Waals surface area (Å²) in [5, 5.41) is 12.1. The van der Waals surface area contributed by atoms with E-state index < -0.39 is 5.97 Å². The van der Waals surface area contributed by atoms with Gasteiger partial charge in [0.1, 0.15) is 0 Å². The lowest BCUT2D eigenvalue weighted by molar-refractivity contribution is -0.144. The Morgan fingerprint density at radius 3 is 2.26 bits per heavy atom. The van der Waals surface area contributed by atoms with E-state index in [1.807, 2.05) is 0 Å². The SMILES string of the molecule is CC(C)(C)C1OCCCC1CNC(=O)C1CCC(C(=O)O)CC1. The first-order chi connectivity index (χ1) is 10.8. The monoisotopic (exact) mass is 325 g/mol. The van der Waals surface area contributed by atoms with E-state index in [0.29, 0.717) is 38.1 Å². The zero-order chi connectivity index (χ0) is 17.0. The number of nitrogens with one attached hydrogen (secondary N) is 1. The number of rotatable bonds is 4. The number of carboxylic acid groups (broad SMARTS) is 1. The maximum absolute atomic E-state index is 12.4.